The van der Waals surface area contributed by atoms with E-state index in [1.807, 2.05) is 44.2 Å². The molecule has 5 rings (SSSR count). The van der Waals surface area contributed by atoms with Crippen molar-refractivity contribution in [3.8, 4) is 5.75 Å². The lowest BCUT2D eigenvalue weighted by Gasteiger charge is -2.31. The molecule has 9 nitrogen and oxygen atoms in total. The van der Waals surface area contributed by atoms with E-state index in [9.17, 15) is 9.90 Å². The number of carbonyl (C=O) groups excluding carboxylic acids is 1. The second-order valence-corrected chi connectivity index (χ2v) is 9.86. The maximum absolute atomic E-state index is 13.3. The molecule has 0 radical (unpaired) electrons. The summed E-state index contributed by atoms with van der Waals surface area (Å²) in [6.45, 7) is 8.17. The van der Waals surface area contributed by atoms with Crippen molar-refractivity contribution in [1.29, 1.82) is 0 Å². The number of aryl methyl sites for hydroxylation is 2. The summed E-state index contributed by atoms with van der Waals surface area (Å²) in [6.07, 6.45) is 3.81. The summed E-state index contributed by atoms with van der Waals surface area (Å²) in [6, 6.07) is 10.8. The molecule has 0 bridgehead atoms. The van der Waals surface area contributed by atoms with E-state index in [4.69, 9.17) is 9.15 Å². The van der Waals surface area contributed by atoms with Gasteiger partial charge in [0.25, 0.3) is 5.91 Å². The molecule has 1 saturated heterocycles. The number of nitrogens with zero attached hydrogens (tertiary/aromatic N) is 4. The lowest BCUT2D eigenvalue weighted by molar-refractivity contribution is 0.0584. The topological polar surface area (TPSA) is 104 Å². The number of anilines is 1. The molecule has 0 aliphatic carbocycles. The molecule has 2 N–H and O–H groups in total. The van der Waals surface area contributed by atoms with Gasteiger partial charge >= 0.3 is 0 Å². The van der Waals surface area contributed by atoms with Gasteiger partial charge in [-0.05, 0) is 63.9 Å². The van der Waals surface area contributed by atoms with Crippen molar-refractivity contribution >= 4 is 11.7 Å². The van der Waals surface area contributed by atoms with E-state index in [1.165, 1.54) is 0 Å². The van der Waals surface area contributed by atoms with Gasteiger partial charge in [-0.3, -0.25) is 9.69 Å². The summed E-state index contributed by atoms with van der Waals surface area (Å²) in [5.74, 6) is 3.56. The fraction of sp³-hybridized carbons (Fsp3) is 0.464. The van der Waals surface area contributed by atoms with Crippen LogP contribution in [0.2, 0.25) is 0 Å². The Morgan fingerprint density at radius 2 is 1.95 bits per heavy atom. The number of rotatable bonds is 7. The van der Waals surface area contributed by atoms with Gasteiger partial charge in [0.15, 0.2) is 0 Å². The molecule has 1 aromatic carbocycles. The standard InChI is InChI=1S/C28H35N5O4/c1-19-20(2)37-27(31-19)17-32-11-9-21(10-12-32)15-29-26-8-7-22(16-30-26)28(35)33-13-14-36-25-6-4-3-5-23(25)24(33)18-34/h3-8,16,21,24,34H,9-15,17-18H2,1-2H3,(H,29,30). The van der Waals surface area contributed by atoms with Crippen LogP contribution in [0.3, 0.4) is 0 Å². The minimum absolute atomic E-state index is 0.165. The van der Waals surface area contributed by atoms with Crippen LogP contribution in [-0.2, 0) is 6.54 Å². The summed E-state index contributed by atoms with van der Waals surface area (Å²) in [7, 11) is 0. The number of amides is 1. The number of pyridine rings is 1. The summed E-state index contributed by atoms with van der Waals surface area (Å²) < 4.78 is 11.5. The number of nitrogens with one attached hydrogen (secondary N) is 1. The smallest absolute Gasteiger partial charge is 0.256 e. The molecule has 3 aromatic rings. The summed E-state index contributed by atoms with van der Waals surface area (Å²) in [5, 5.41) is 13.5. The van der Waals surface area contributed by atoms with Crippen molar-refractivity contribution in [2.24, 2.45) is 5.92 Å². The monoisotopic (exact) mass is 505 g/mol. The lowest BCUT2D eigenvalue weighted by Crippen LogP contribution is -2.38. The molecule has 2 aliphatic heterocycles. The number of ether oxygens (including phenoxy) is 1. The Hall–Kier alpha value is -3.43. The van der Waals surface area contributed by atoms with Crippen LogP contribution in [-0.4, -0.2) is 70.2 Å². The number of aliphatic hydroxyl groups excluding tert-OH is 1. The molecule has 9 heteroatoms. The number of carbonyl (C=O) groups is 1. The van der Waals surface area contributed by atoms with Crippen molar-refractivity contribution in [3.05, 3.63) is 71.1 Å². The highest BCUT2D eigenvalue weighted by Crippen LogP contribution is 2.32. The lowest BCUT2D eigenvalue weighted by atomic mass is 9.97. The predicted octanol–water partition coefficient (Wildman–Crippen LogP) is 3.58. The van der Waals surface area contributed by atoms with E-state index in [2.05, 4.69) is 20.2 Å². The SMILES string of the molecule is Cc1nc(CN2CCC(CNc3ccc(C(=O)N4CCOc5ccccc5C4CO)cn3)CC2)oc1C. The minimum atomic E-state index is -0.452. The van der Waals surface area contributed by atoms with Crippen LogP contribution in [0.4, 0.5) is 5.82 Å². The van der Waals surface area contributed by atoms with Gasteiger partial charge in [0.1, 0.15) is 23.9 Å². The number of piperidine rings is 1. The van der Waals surface area contributed by atoms with Crippen LogP contribution in [0.5, 0.6) is 5.75 Å². The quantitative estimate of drug-likeness (QED) is 0.502. The number of oxazole rings is 1. The molecule has 2 aliphatic rings. The van der Waals surface area contributed by atoms with Crippen molar-refractivity contribution in [1.82, 2.24) is 19.8 Å². The number of fused-ring (bicyclic) bond motifs is 1. The third kappa shape index (κ3) is 5.78. The van der Waals surface area contributed by atoms with Gasteiger partial charge < -0.3 is 24.5 Å². The largest absolute Gasteiger partial charge is 0.491 e. The number of hydrogen-bond donors (Lipinski definition) is 2. The maximum atomic E-state index is 13.3. The average molecular weight is 506 g/mol. The maximum Gasteiger partial charge on any atom is 0.256 e. The summed E-state index contributed by atoms with van der Waals surface area (Å²) >= 11 is 0. The number of para-hydroxylation sites is 1. The molecule has 1 atom stereocenters. The molecule has 4 heterocycles. The Labute approximate surface area is 217 Å². The Bertz CT molecular complexity index is 1180. The molecule has 1 fully saturated rings. The Balaban J connectivity index is 1.13. The van der Waals surface area contributed by atoms with Gasteiger partial charge in [-0.2, -0.15) is 0 Å². The Kier molecular flexibility index (Phi) is 7.71. The number of hydrogen-bond acceptors (Lipinski definition) is 8. The zero-order valence-electron chi connectivity index (χ0n) is 21.5. The minimum Gasteiger partial charge on any atom is -0.491 e. The molecule has 0 saturated carbocycles. The van der Waals surface area contributed by atoms with E-state index >= 15 is 0 Å². The van der Waals surface area contributed by atoms with E-state index in [0.29, 0.717) is 30.4 Å². The second-order valence-electron chi connectivity index (χ2n) is 9.86. The highest BCUT2D eigenvalue weighted by molar-refractivity contribution is 5.94. The molecule has 196 valence electrons. The number of likely N-dealkylation sites (tertiary alicyclic amines) is 1. The first-order valence-corrected chi connectivity index (χ1v) is 13.0. The first kappa shape index (κ1) is 25.2. The van der Waals surface area contributed by atoms with E-state index in [1.54, 1.807) is 17.2 Å². The third-order valence-corrected chi connectivity index (χ3v) is 7.40. The fourth-order valence-corrected chi connectivity index (χ4v) is 5.09. The summed E-state index contributed by atoms with van der Waals surface area (Å²) in [5.41, 5.74) is 2.28. The molecule has 1 amide bonds. The molecule has 1 unspecified atom stereocenters. The summed E-state index contributed by atoms with van der Waals surface area (Å²) in [4.78, 5) is 26.4. The van der Waals surface area contributed by atoms with Gasteiger partial charge in [-0.25, -0.2) is 9.97 Å². The zero-order valence-corrected chi connectivity index (χ0v) is 21.5. The van der Waals surface area contributed by atoms with Crippen molar-refractivity contribution in [2.75, 3.05) is 44.7 Å². The molecular formula is C28H35N5O4. The van der Waals surface area contributed by atoms with Crippen LogP contribution in [0, 0.1) is 19.8 Å². The third-order valence-electron chi connectivity index (χ3n) is 7.40. The van der Waals surface area contributed by atoms with Crippen LogP contribution in [0.1, 0.15) is 52.1 Å². The van der Waals surface area contributed by atoms with Gasteiger partial charge in [-0.15, -0.1) is 0 Å². The normalized spacial score (nSPS) is 18.7. The van der Waals surface area contributed by atoms with Crippen LogP contribution >= 0.6 is 0 Å². The van der Waals surface area contributed by atoms with Gasteiger partial charge in [0.2, 0.25) is 5.89 Å². The Morgan fingerprint density at radius 3 is 2.65 bits per heavy atom. The Morgan fingerprint density at radius 1 is 1.14 bits per heavy atom. The van der Waals surface area contributed by atoms with Gasteiger partial charge in [-0.1, -0.05) is 18.2 Å². The van der Waals surface area contributed by atoms with Crippen LogP contribution in [0.15, 0.2) is 47.0 Å². The van der Waals surface area contributed by atoms with Crippen molar-refractivity contribution in [3.63, 3.8) is 0 Å². The number of benzene rings is 1. The van der Waals surface area contributed by atoms with E-state index in [0.717, 1.165) is 67.7 Å². The second kappa shape index (κ2) is 11.3. The van der Waals surface area contributed by atoms with Gasteiger partial charge in [0, 0.05) is 18.3 Å². The van der Waals surface area contributed by atoms with Crippen molar-refractivity contribution < 1.29 is 19.1 Å². The zero-order chi connectivity index (χ0) is 25.8. The molecule has 2 aromatic heterocycles. The highest BCUT2D eigenvalue weighted by atomic mass is 16.5. The molecule has 0 spiro atoms. The van der Waals surface area contributed by atoms with E-state index in [-0.39, 0.29) is 12.5 Å². The average Bonchev–Trinajstić information content (AvgIpc) is 3.12. The number of aromatic nitrogens is 2. The van der Waals surface area contributed by atoms with Crippen LogP contribution < -0.4 is 10.1 Å². The van der Waals surface area contributed by atoms with Crippen molar-refractivity contribution in [2.45, 2.75) is 39.3 Å². The predicted molar refractivity (Wildman–Crippen MR) is 140 cm³/mol. The molecular weight excluding hydrogens is 470 g/mol. The first-order valence-electron chi connectivity index (χ1n) is 13.0. The van der Waals surface area contributed by atoms with Gasteiger partial charge in [0.05, 0.1) is 37.0 Å². The number of aliphatic hydroxyl groups is 1. The fourth-order valence-electron chi connectivity index (χ4n) is 5.09. The van der Waals surface area contributed by atoms with E-state index < -0.39 is 6.04 Å². The highest BCUT2D eigenvalue weighted by Gasteiger charge is 2.30. The molecule has 37 heavy (non-hydrogen) atoms. The first-order chi connectivity index (χ1) is 18.0. The van der Waals surface area contributed by atoms with Crippen LogP contribution in [0.25, 0.3) is 0 Å².